The highest BCUT2D eigenvalue weighted by atomic mass is 19.1. The molecule has 4 rings (SSSR count). The van der Waals surface area contributed by atoms with Crippen molar-refractivity contribution < 1.29 is 23.8 Å². The second kappa shape index (κ2) is 9.16. The van der Waals surface area contributed by atoms with Crippen LogP contribution in [0.25, 0.3) is 10.9 Å². The highest BCUT2D eigenvalue weighted by Crippen LogP contribution is 2.29. The van der Waals surface area contributed by atoms with Crippen LogP contribution in [-0.4, -0.2) is 23.2 Å². The Bertz CT molecular complexity index is 1220. The summed E-state index contributed by atoms with van der Waals surface area (Å²) in [4.78, 5) is 17.0. The number of esters is 1. The number of methoxy groups -OCH3 is 1. The van der Waals surface area contributed by atoms with E-state index in [1.807, 2.05) is 36.4 Å². The van der Waals surface area contributed by atoms with Crippen LogP contribution in [0.2, 0.25) is 0 Å². The zero-order valence-corrected chi connectivity index (χ0v) is 17.5. The molecule has 0 saturated carbocycles. The normalized spacial score (nSPS) is 12.8. The van der Waals surface area contributed by atoms with E-state index in [1.165, 1.54) is 31.4 Å². The molecule has 0 aliphatic heterocycles. The Hall–Kier alpha value is -3.77. The second-order valence-corrected chi connectivity index (χ2v) is 7.46. The molecule has 32 heavy (non-hydrogen) atoms. The standard InChI is InChI=1S/C26H22FNO4/c1-31-25(29)26(30,16-18-6-11-21(27)12-7-18)20-9-14-23(15-10-20)32-17-22-13-8-19-4-2-3-5-24(19)28-22/h2-15,30H,16-17H2,1H3. The maximum Gasteiger partial charge on any atom is 0.342 e. The third-order valence-electron chi connectivity index (χ3n) is 5.27. The van der Waals surface area contributed by atoms with E-state index in [1.54, 1.807) is 24.3 Å². The van der Waals surface area contributed by atoms with Crippen molar-refractivity contribution in [3.8, 4) is 5.75 Å². The van der Waals surface area contributed by atoms with Crippen LogP contribution in [0.1, 0.15) is 16.8 Å². The summed E-state index contributed by atoms with van der Waals surface area (Å²) in [6, 6.07) is 24.0. The second-order valence-electron chi connectivity index (χ2n) is 7.46. The monoisotopic (exact) mass is 431 g/mol. The Morgan fingerprint density at radius 2 is 1.69 bits per heavy atom. The Labute approximate surface area is 185 Å². The predicted octanol–water partition coefficient (Wildman–Crippen LogP) is 4.56. The van der Waals surface area contributed by atoms with Crippen LogP contribution in [0.15, 0.2) is 84.9 Å². The molecule has 0 spiro atoms. The molecular formula is C26H22FNO4. The lowest BCUT2D eigenvalue weighted by molar-refractivity contribution is -0.163. The number of aromatic nitrogens is 1. The maximum absolute atomic E-state index is 13.2. The first-order chi connectivity index (χ1) is 15.5. The minimum atomic E-state index is -1.91. The number of hydrogen-bond donors (Lipinski definition) is 1. The van der Waals surface area contributed by atoms with E-state index in [2.05, 4.69) is 4.98 Å². The summed E-state index contributed by atoms with van der Waals surface area (Å²) in [5.74, 6) is -0.619. The Morgan fingerprint density at radius 1 is 0.969 bits per heavy atom. The van der Waals surface area contributed by atoms with E-state index in [-0.39, 0.29) is 13.0 Å². The zero-order chi connectivity index (χ0) is 22.6. The van der Waals surface area contributed by atoms with Gasteiger partial charge in [-0.3, -0.25) is 0 Å². The number of halogens is 1. The SMILES string of the molecule is COC(=O)C(O)(Cc1ccc(F)cc1)c1ccc(OCc2ccc3ccccc3n2)cc1. The van der Waals surface area contributed by atoms with Gasteiger partial charge >= 0.3 is 5.97 Å². The van der Waals surface area contributed by atoms with Crippen molar-refractivity contribution >= 4 is 16.9 Å². The summed E-state index contributed by atoms with van der Waals surface area (Å²) in [5.41, 5.74) is 0.722. The molecule has 4 aromatic rings. The number of ether oxygens (including phenoxy) is 2. The van der Waals surface area contributed by atoms with Gasteiger partial charge in [-0.25, -0.2) is 14.2 Å². The van der Waals surface area contributed by atoms with Crippen LogP contribution in [0.3, 0.4) is 0 Å². The number of carbonyl (C=O) groups is 1. The van der Waals surface area contributed by atoms with Gasteiger partial charge in [-0.1, -0.05) is 48.5 Å². The summed E-state index contributed by atoms with van der Waals surface area (Å²) >= 11 is 0. The Balaban J connectivity index is 1.50. The van der Waals surface area contributed by atoms with Crippen LogP contribution in [-0.2, 0) is 28.2 Å². The molecule has 1 unspecified atom stereocenters. The first-order valence-electron chi connectivity index (χ1n) is 10.1. The van der Waals surface area contributed by atoms with E-state index < -0.39 is 17.4 Å². The summed E-state index contributed by atoms with van der Waals surface area (Å²) in [6.07, 6.45) is -0.0544. The zero-order valence-electron chi connectivity index (χ0n) is 17.5. The van der Waals surface area contributed by atoms with E-state index in [0.717, 1.165) is 16.6 Å². The molecule has 5 nitrogen and oxygen atoms in total. The number of pyridine rings is 1. The molecule has 0 saturated heterocycles. The summed E-state index contributed by atoms with van der Waals surface area (Å²) in [7, 11) is 1.21. The first kappa shape index (κ1) is 21.5. The maximum atomic E-state index is 13.2. The smallest absolute Gasteiger partial charge is 0.342 e. The van der Waals surface area contributed by atoms with Crippen molar-refractivity contribution in [2.24, 2.45) is 0 Å². The quantitative estimate of drug-likeness (QED) is 0.435. The molecule has 0 fully saturated rings. The molecule has 6 heteroatoms. The third kappa shape index (κ3) is 4.60. The van der Waals surface area contributed by atoms with Gasteiger partial charge in [0.1, 0.15) is 18.2 Å². The molecule has 1 N–H and O–H groups in total. The molecule has 3 aromatic carbocycles. The number of hydrogen-bond acceptors (Lipinski definition) is 5. The van der Waals surface area contributed by atoms with E-state index in [0.29, 0.717) is 16.9 Å². The molecule has 0 amide bonds. The van der Waals surface area contributed by atoms with Gasteiger partial charge in [0, 0.05) is 11.8 Å². The third-order valence-corrected chi connectivity index (χ3v) is 5.27. The lowest BCUT2D eigenvalue weighted by Gasteiger charge is -2.26. The highest BCUT2D eigenvalue weighted by molar-refractivity contribution is 5.81. The van der Waals surface area contributed by atoms with E-state index in [4.69, 9.17) is 9.47 Å². The van der Waals surface area contributed by atoms with Crippen molar-refractivity contribution in [2.45, 2.75) is 18.6 Å². The average molecular weight is 431 g/mol. The van der Waals surface area contributed by atoms with Gasteiger partial charge in [-0.2, -0.15) is 0 Å². The fraction of sp³-hybridized carbons (Fsp3) is 0.154. The van der Waals surface area contributed by atoms with Crippen molar-refractivity contribution in [1.29, 1.82) is 0 Å². The summed E-state index contributed by atoms with van der Waals surface area (Å²) < 4.78 is 23.9. The Morgan fingerprint density at radius 3 is 2.41 bits per heavy atom. The molecular weight excluding hydrogens is 409 g/mol. The number of carbonyl (C=O) groups excluding carboxylic acids is 1. The van der Waals surface area contributed by atoms with E-state index >= 15 is 0 Å². The summed E-state index contributed by atoms with van der Waals surface area (Å²) in [5, 5.41) is 12.2. The number of nitrogens with zero attached hydrogens (tertiary/aromatic N) is 1. The highest BCUT2D eigenvalue weighted by Gasteiger charge is 2.39. The lowest BCUT2D eigenvalue weighted by atomic mass is 9.87. The average Bonchev–Trinajstić information content (AvgIpc) is 2.83. The molecule has 162 valence electrons. The van der Waals surface area contributed by atoms with Gasteiger partial charge < -0.3 is 14.6 Å². The van der Waals surface area contributed by atoms with Gasteiger partial charge in [0.2, 0.25) is 0 Å². The van der Waals surface area contributed by atoms with Gasteiger partial charge in [-0.05, 0) is 47.5 Å². The predicted molar refractivity (Wildman–Crippen MR) is 119 cm³/mol. The Kier molecular flexibility index (Phi) is 6.14. The number of fused-ring (bicyclic) bond motifs is 1. The number of rotatable bonds is 7. The molecule has 0 bridgehead atoms. The number of benzene rings is 3. The van der Waals surface area contributed by atoms with Crippen molar-refractivity contribution in [2.75, 3.05) is 7.11 Å². The van der Waals surface area contributed by atoms with Crippen LogP contribution in [0.5, 0.6) is 5.75 Å². The van der Waals surface area contributed by atoms with Crippen molar-refractivity contribution in [1.82, 2.24) is 4.98 Å². The van der Waals surface area contributed by atoms with Gasteiger partial charge in [0.25, 0.3) is 0 Å². The molecule has 1 heterocycles. The van der Waals surface area contributed by atoms with E-state index in [9.17, 15) is 14.3 Å². The molecule has 1 atom stereocenters. The van der Waals surface area contributed by atoms with Crippen LogP contribution in [0.4, 0.5) is 4.39 Å². The summed E-state index contributed by atoms with van der Waals surface area (Å²) in [6.45, 7) is 0.279. The fourth-order valence-electron chi connectivity index (χ4n) is 3.53. The number of para-hydroxylation sites is 1. The van der Waals surface area contributed by atoms with Crippen LogP contribution < -0.4 is 4.74 Å². The minimum Gasteiger partial charge on any atom is -0.487 e. The van der Waals surface area contributed by atoms with Crippen LogP contribution in [0, 0.1) is 5.82 Å². The van der Waals surface area contributed by atoms with Crippen LogP contribution >= 0.6 is 0 Å². The van der Waals surface area contributed by atoms with Crippen molar-refractivity contribution in [3.63, 3.8) is 0 Å². The molecule has 0 aliphatic rings. The fourth-order valence-corrected chi connectivity index (χ4v) is 3.53. The lowest BCUT2D eigenvalue weighted by Crippen LogP contribution is -2.39. The van der Waals surface area contributed by atoms with Crippen molar-refractivity contribution in [3.05, 3.63) is 108 Å². The molecule has 1 aromatic heterocycles. The topological polar surface area (TPSA) is 68.7 Å². The molecule has 0 radical (unpaired) electrons. The van der Waals surface area contributed by atoms with Gasteiger partial charge in [0.15, 0.2) is 5.60 Å². The largest absolute Gasteiger partial charge is 0.487 e. The first-order valence-corrected chi connectivity index (χ1v) is 10.1. The van der Waals surface area contributed by atoms with Gasteiger partial charge in [-0.15, -0.1) is 0 Å². The minimum absolute atomic E-state index is 0.0544. The molecule has 0 aliphatic carbocycles. The number of aliphatic hydroxyl groups is 1. The van der Waals surface area contributed by atoms with Gasteiger partial charge in [0.05, 0.1) is 18.3 Å².